The molecule has 0 aliphatic carbocycles. The van der Waals surface area contributed by atoms with Gasteiger partial charge in [0, 0.05) is 12.3 Å². The first-order valence-corrected chi connectivity index (χ1v) is 8.86. The van der Waals surface area contributed by atoms with Crippen LogP contribution in [0.4, 0.5) is 0 Å². The highest BCUT2D eigenvalue weighted by molar-refractivity contribution is 5.99. The molecule has 3 amide bonds. The maximum absolute atomic E-state index is 12.3. The van der Waals surface area contributed by atoms with Crippen LogP contribution in [-0.2, 0) is 25.6 Å². The summed E-state index contributed by atoms with van der Waals surface area (Å²) in [6, 6.07) is 8.04. The van der Waals surface area contributed by atoms with Crippen molar-refractivity contribution < 1.29 is 24.3 Å². The van der Waals surface area contributed by atoms with Crippen LogP contribution in [0.25, 0.3) is 0 Å². The fourth-order valence-corrected chi connectivity index (χ4v) is 2.88. The summed E-state index contributed by atoms with van der Waals surface area (Å²) in [5, 5.41) is 25.4. The van der Waals surface area contributed by atoms with E-state index < -0.39 is 47.7 Å². The minimum absolute atomic E-state index is 0.0556. The molecule has 0 unspecified atom stereocenters. The van der Waals surface area contributed by atoms with Crippen molar-refractivity contribution in [3.63, 3.8) is 0 Å². The maximum Gasteiger partial charge on any atom is 0.326 e. The van der Waals surface area contributed by atoms with Crippen LogP contribution in [0, 0.1) is 17.2 Å². The molecule has 1 heterocycles. The first kappa shape index (κ1) is 20.9. The zero-order valence-corrected chi connectivity index (χ0v) is 15.3. The highest BCUT2D eigenvalue weighted by Crippen LogP contribution is 2.10. The SMILES string of the molecule is C[C@H](C#N)C[C@H](NC(=O)C[C@@H]1NC(=O)[C@H](Cc2ccccc2)NC1=O)C(=O)O. The molecule has 9 heteroatoms. The molecule has 1 aliphatic rings. The van der Waals surface area contributed by atoms with E-state index in [0.717, 1.165) is 5.56 Å². The van der Waals surface area contributed by atoms with Gasteiger partial charge in [-0.25, -0.2) is 4.79 Å². The van der Waals surface area contributed by atoms with E-state index in [2.05, 4.69) is 16.0 Å². The first-order valence-electron chi connectivity index (χ1n) is 8.86. The number of nitrogens with one attached hydrogen (secondary N) is 3. The van der Waals surface area contributed by atoms with Gasteiger partial charge in [-0.15, -0.1) is 0 Å². The molecule has 0 bridgehead atoms. The molecular weight excluding hydrogens is 364 g/mol. The van der Waals surface area contributed by atoms with Crippen molar-refractivity contribution in [2.75, 3.05) is 0 Å². The summed E-state index contributed by atoms with van der Waals surface area (Å²) in [6.45, 7) is 1.55. The van der Waals surface area contributed by atoms with Gasteiger partial charge in [0.05, 0.1) is 12.5 Å². The summed E-state index contributed by atoms with van der Waals surface area (Å²) >= 11 is 0. The topological polar surface area (TPSA) is 148 Å². The smallest absolute Gasteiger partial charge is 0.326 e. The van der Waals surface area contributed by atoms with Gasteiger partial charge in [-0.3, -0.25) is 14.4 Å². The van der Waals surface area contributed by atoms with Crippen LogP contribution in [0.15, 0.2) is 30.3 Å². The quantitative estimate of drug-likeness (QED) is 0.483. The molecule has 1 saturated heterocycles. The van der Waals surface area contributed by atoms with Crippen LogP contribution < -0.4 is 16.0 Å². The third-order valence-electron chi connectivity index (χ3n) is 4.38. The zero-order valence-electron chi connectivity index (χ0n) is 15.3. The number of carbonyl (C=O) groups excluding carboxylic acids is 3. The van der Waals surface area contributed by atoms with Crippen LogP contribution in [0.3, 0.4) is 0 Å². The maximum atomic E-state index is 12.3. The number of rotatable bonds is 8. The lowest BCUT2D eigenvalue weighted by molar-refractivity contribution is -0.143. The Labute approximate surface area is 162 Å². The number of carbonyl (C=O) groups is 4. The lowest BCUT2D eigenvalue weighted by Gasteiger charge is -2.29. The summed E-state index contributed by atoms with van der Waals surface area (Å²) in [7, 11) is 0. The number of carboxylic acids is 1. The van der Waals surface area contributed by atoms with E-state index in [1.807, 2.05) is 36.4 Å². The molecule has 1 aromatic carbocycles. The molecule has 0 aromatic heterocycles. The minimum Gasteiger partial charge on any atom is -0.480 e. The van der Waals surface area contributed by atoms with Crippen LogP contribution in [0.5, 0.6) is 0 Å². The molecule has 2 rings (SSSR count). The van der Waals surface area contributed by atoms with E-state index in [9.17, 15) is 19.2 Å². The van der Waals surface area contributed by atoms with Gasteiger partial charge in [-0.2, -0.15) is 5.26 Å². The second-order valence-corrected chi connectivity index (χ2v) is 6.74. The Balaban J connectivity index is 1.91. The predicted octanol–water partition coefficient (Wildman–Crippen LogP) is -0.278. The highest BCUT2D eigenvalue weighted by atomic mass is 16.4. The monoisotopic (exact) mass is 386 g/mol. The van der Waals surface area contributed by atoms with E-state index in [4.69, 9.17) is 10.4 Å². The Kier molecular flexibility index (Phi) is 7.09. The molecule has 9 nitrogen and oxygen atoms in total. The van der Waals surface area contributed by atoms with Gasteiger partial charge in [-0.1, -0.05) is 30.3 Å². The molecule has 0 saturated carbocycles. The standard InChI is InChI=1S/C19H22N4O5/c1-11(10-20)7-15(19(27)28)21-16(24)9-14-18(26)22-13(17(25)23-14)8-12-5-3-2-4-6-12/h2-6,11,13-15H,7-9H2,1H3,(H,21,24)(H,22,26)(H,23,25)(H,27,28)/t11-,13-,14-,15-/m0/s1. The Bertz CT molecular complexity index is 789. The molecule has 28 heavy (non-hydrogen) atoms. The highest BCUT2D eigenvalue weighted by Gasteiger charge is 2.35. The lowest BCUT2D eigenvalue weighted by Crippen LogP contribution is -2.63. The van der Waals surface area contributed by atoms with Gasteiger partial charge in [0.1, 0.15) is 18.1 Å². The van der Waals surface area contributed by atoms with E-state index in [-0.39, 0.29) is 12.8 Å². The first-order chi connectivity index (χ1) is 13.3. The fraction of sp³-hybridized carbons (Fsp3) is 0.421. The predicted molar refractivity (Wildman–Crippen MR) is 97.6 cm³/mol. The van der Waals surface area contributed by atoms with Gasteiger partial charge < -0.3 is 21.1 Å². The average molecular weight is 386 g/mol. The number of hydrogen-bond donors (Lipinski definition) is 4. The van der Waals surface area contributed by atoms with Crippen LogP contribution in [0.1, 0.15) is 25.3 Å². The molecule has 0 radical (unpaired) electrons. The van der Waals surface area contributed by atoms with Crippen molar-refractivity contribution in [1.29, 1.82) is 5.26 Å². The summed E-state index contributed by atoms with van der Waals surface area (Å²) in [5.41, 5.74) is 0.884. The number of carboxylic acid groups (broad SMARTS) is 1. The van der Waals surface area contributed by atoms with Crippen molar-refractivity contribution in [2.24, 2.45) is 5.92 Å². The molecule has 0 spiro atoms. The number of aliphatic carboxylic acids is 1. The largest absolute Gasteiger partial charge is 0.480 e. The zero-order chi connectivity index (χ0) is 20.7. The Morgan fingerprint density at radius 1 is 1.18 bits per heavy atom. The second-order valence-electron chi connectivity index (χ2n) is 6.74. The summed E-state index contributed by atoms with van der Waals surface area (Å²) in [4.78, 5) is 47.9. The lowest BCUT2D eigenvalue weighted by atomic mass is 10.00. The van der Waals surface area contributed by atoms with Gasteiger partial charge in [0.15, 0.2) is 0 Å². The van der Waals surface area contributed by atoms with Gasteiger partial charge in [-0.05, 0) is 18.9 Å². The normalized spacial score (nSPS) is 20.9. The number of benzene rings is 1. The van der Waals surface area contributed by atoms with Crippen molar-refractivity contribution in [3.8, 4) is 6.07 Å². The Morgan fingerprint density at radius 3 is 2.39 bits per heavy atom. The van der Waals surface area contributed by atoms with Crippen LogP contribution >= 0.6 is 0 Å². The van der Waals surface area contributed by atoms with Crippen molar-refractivity contribution in [3.05, 3.63) is 35.9 Å². The van der Waals surface area contributed by atoms with Gasteiger partial charge in [0.25, 0.3) is 0 Å². The van der Waals surface area contributed by atoms with E-state index in [1.54, 1.807) is 6.92 Å². The molecule has 148 valence electrons. The van der Waals surface area contributed by atoms with Crippen molar-refractivity contribution >= 4 is 23.7 Å². The number of piperazine rings is 1. The van der Waals surface area contributed by atoms with Gasteiger partial charge >= 0.3 is 5.97 Å². The molecular formula is C19H22N4O5. The fourth-order valence-electron chi connectivity index (χ4n) is 2.88. The van der Waals surface area contributed by atoms with Crippen molar-refractivity contribution in [2.45, 2.75) is 44.3 Å². The van der Waals surface area contributed by atoms with Crippen LogP contribution in [0.2, 0.25) is 0 Å². The van der Waals surface area contributed by atoms with Crippen molar-refractivity contribution in [1.82, 2.24) is 16.0 Å². The van der Waals surface area contributed by atoms with Crippen LogP contribution in [-0.4, -0.2) is 46.9 Å². The Morgan fingerprint density at radius 2 is 1.79 bits per heavy atom. The molecule has 4 N–H and O–H groups in total. The molecule has 1 fully saturated rings. The average Bonchev–Trinajstić information content (AvgIpc) is 2.65. The molecule has 1 aliphatic heterocycles. The summed E-state index contributed by atoms with van der Waals surface area (Å²) < 4.78 is 0. The number of amides is 3. The minimum atomic E-state index is -1.27. The third kappa shape index (κ3) is 5.81. The van der Waals surface area contributed by atoms with Gasteiger partial charge in [0.2, 0.25) is 17.7 Å². The number of nitrogens with zero attached hydrogens (tertiary/aromatic N) is 1. The Hall–Kier alpha value is -3.41. The van der Waals surface area contributed by atoms with E-state index in [0.29, 0.717) is 6.42 Å². The summed E-state index contributed by atoms with van der Waals surface area (Å²) in [5.74, 6) is -3.44. The number of nitriles is 1. The third-order valence-corrected chi connectivity index (χ3v) is 4.38. The molecule has 1 aromatic rings. The second kappa shape index (κ2) is 9.50. The molecule has 4 atom stereocenters. The van der Waals surface area contributed by atoms with E-state index >= 15 is 0 Å². The van der Waals surface area contributed by atoms with E-state index in [1.165, 1.54) is 0 Å². The number of hydrogen-bond acceptors (Lipinski definition) is 5. The summed E-state index contributed by atoms with van der Waals surface area (Å²) in [6.07, 6.45) is -0.120.